The predicted molar refractivity (Wildman–Crippen MR) is 71.0 cm³/mol. The second-order valence-corrected chi connectivity index (χ2v) is 6.89. The number of rotatable bonds is 4. The Morgan fingerprint density at radius 2 is 2.16 bits per heavy atom. The average molecular weight is 287 g/mol. The third-order valence-corrected chi connectivity index (χ3v) is 6.10. The smallest absolute Gasteiger partial charge is 0.247 e. The molecule has 0 saturated carbocycles. The lowest BCUT2D eigenvalue weighted by molar-refractivity contribution is 0.272. The lowest BCUT2D eigenvalue weighted by Crippen LogP contribution is -2.40. The van der Waals surface area contributed by atoms with Crippen LogP contribution in [0.2, 0.25) is 0 Å². The van der Waals surface area contributed by atoms with Gasteiger partial charge in [-0.3, -0.25) is 5.10 Å². The minimum Gasteiger partial charge on any atom is -0.390 e. The van der Waals surface area contributed by atoms with Crippen molar-refractivity contribution in [3.63, 3.8) is 0 Å². The number of nitrogens with zero attached hydrogens (tertiary/aromatic N) is 2. The molecule has 1 aliphatic rings. The molecule has 0 aromatic carbocycles. The standard InChI is InChI=1S/C12H21N3O3S/c1-4-10-6-5-8(2)15(10)19(17,18)12-9(3)13-14-11(12)7-16/h8,10,16H,4-7H2,1-3H3,(H,13,14). The molecule has 7 heteroatoms. The maximum atomic E-state index is 12.8. The van der Waals surface area contributed by atoms with Crippen molar-refractivity contribution < 1.29 is 13.5 Å². The summed E-state index contributed by atoms with van der Waals surface area (Å²) in [5, 5.41) is 15.8. The second-order valence-electron chi connectivity index (χ2n) is 5.11. The van der Waals surface area contributed by atoms with Gasteiger partial charge in [-0.1, -0.05) is 6.92 Å². The van der Waals surface area contributed by atoms with Crippen LogP contribution in [-0.2, 0) is 16.6 Å². The van der Waals surface area contributed by atoms with Crippen molar-refractivity contribution in [3.8, 4) is 0 Å². The quantitative estimate of drug-likeness (QED) is 0.870. The van der Waals surface area contributed by atoms with Gasteiger partial charge in [0, 0.05) is 12.1 Å². The number of hydrogen-bond acceptors (Lipinski definition) is 4. The number of aryl methyl sites for hydroxylation is 1. The van der Waals surface area contributed by atoms with Gasteiger partial charge < -0.3 is 5.11 Å². The monoisotopic (exact) mass is 287 g/mol. The highest BCUT2D eigenvalue weighted by molar-refractivity contribution is 7.89. The zero-order chi connectivity index (χ0) is 14.2. The highest BCUT2D eigenvalue weighted by Gasteiger charge is 2.41. The van der Waals surface area contributed by atoms with Gasteiger partial charge in [0.15, 0.2) is 0 Å². The van der Waals surface area contributed by atoms with Crippen molar-refractivity contribution in [3.05, 3.63) is 11.4 Å². The molecule has 2 N–H and O–H groups in total. The van der Waals surface area contributed by atoms with E-state index in [4.69, 9.17) is 0 Å². The lowest BCUT2D eigenvalue weighted by atomic mass is 10.2. The first kappa shape index (κ1) is 14.5. The lowest BCUT2D eigenvalue weighted by Gasteiger charge is -2.27. The molecule has 1 aliphatic heterocycles. The molecule has 0 spiro atoms. The Kier molecular flexibility index (Phi) is 3.98. The summed E-state index contributed by atoms with van der Waals surface area (Å²) in [6, 6.07) is 0.0386. The van der Waals surface area contributed by atoms with Crippen LogP contribution in [0.3, 0.4) is 0 Å². The molecule has 108 valence electrons. The summed E-state index contributed by atoms with van der Waals surface area (Å²) in [7, 11) is -3.60. The summed E-state index contributed by atoms with van der Waals surface area (Å²) < 4.78 is 27.2. The number of aliphatic hydroxyl groups excluding tert-OH is 1. The van der Waals surface area contributed by atoms with Crippen LogP contribution in [0.1, 0.15) is 44.5 Å². The minimum absolute atomic E-state index is 0.00390. The Labute approximate surface area is 113 Å². The molecule has 0 radical (unpaired) electrons. The maximum Gasteiger partial charge on any atom is 0.247 e. The van der Waals surface area contributed by atoms with Gasteiger partial charge in [0.25, 0.3) is 0 Å². The van der Waals surface area contributed by atoms with E-state index in [2.05, 4.69) is 10.2 Å². The number of aliphatic hydroxyl groups is 1. The summed E-state index contributed by atoms with van der Waals surface area (Å²) in [6.07, 6.45) is 2.57. The zero-order valence-electron chi connectivity index (χ0n) is 11.5. The third-order valence-electron chi connectivity index (χ3n) is 3.83. The first-order valence-electron chi connectivity index (χ1n) is 6.61. The number of nitrogens with one attached hydrogen (secondary N) is 1. The molecule has 2 rings (SSSR count). The highest BCUT2D eigenvalue weighted by Crippen LogP contribution is 2.34. The van der Waals surface area contributed by atoms with E-state index in [1.54, 1.807) is 11.2 Å². The number of aromatic nitrogens is 2. The molecule has 2 unspecified atom stereocenters. The number of sulfonamides is 1. The van der Waals surface area contributed by atoms with E-state index < -0.39 is 10.0 Å². The summed E-state index contributed by atoms with van der Waals surface area (Å²) in [4.78, 5) is 0.141. The van der Waals surface area contributed by atoms with Gasteiger partial charge in [0.1, 0.15) is 10.6 Å². The van der Waals surface area contributed by atoms with E-state index in [1.165, 1.54) is 0 Å². The Hall–Kier alpha value is -0.920. The molecule has 1 aromatic rings. The first-order valence-corrected chi connectivity index (χ1v) is 8.05. The normalized spacial score (nSPS) is 25.1. The molecule has 0 amide bonds. The molecular formula is C12H21N3O3S. The van der Waals surface area contributed by atoms with Crippen molar-refractivity contribution in [2.24, 2.45) is 0 Å². The SMILES string of the molecule is CCC1CCC(C)N1S(=O)(=O)c1c(CO)n[nH]c1C. The van der Waals surface area contributed by atoms with Crippen LogP contribution >= 0.6 is 0 Å². The minimum atomic E-state index is -3.60. The van der Waals surface area contributed by atoms with Gasteiger partial charge in [-0.05, 0) is 33.1 Å². The fourth-order valence-electron chi connectivity index (χ4n) is 2.89. The Balaban J connectivity index is 2.50. The Bertz CT molecular complexity index is 553. The van der Waals surface area contributed by atoms with E-state index in [1.807, 2.05) is 13.8 Å². The van der Waals surface area contributed by atoms with Gasteiger partial charge >= 0.3 is 0 Å². The fourth-order valence-corrected chi connectivity index (χ4v) is 5.17. The van der Waals surface area contributed by atoms with Gasteiger partial charge in [-0.2, -0.15) is 9.40 Å². The van der Waals surface area contributed by atoms with Crippen LogP contribution in [0.4, 0.5) is 0 Å². The van der Waals surface area contributed by atoms with Crippen LogP contribution in [0.5, 0.6) is 0 Å². The van der Waals surface area contributed by atoms with Gasteiger partial charge in [-0.25, -0.2) is 8.42 Å². The van der Waals surface area contributed by atoms with E-state index in [0.29, 0.717) is 5.69 Å². The van der Waals surface area contributed by atoms with Crippen LogP contribution in [0.25, 0.3) is 0 Å². The summed E-state index contributed by atoms with van der Waals surface area (Å²) >= 11 is 0. The first-order chi connectivity index (χ1) is 8.93. The molecular weight excluding hydrogens is 266 g/mol. The number of hydrogen-bond donors (Lipinski definition) is 2. The maximum absolute atomic E-state index is 12.8. The van der Waals surface area contributed by atoms with Crippen molar-refractivity contribution in [1.82, 2.24) is 14.5 Å². The Morgan fingerprint density at radius 3 is 2.74 bits per heavy atom. The van der Waals surface area contributed by atoms with Crippen LogP contribution in [0, 0.1) is 6.92 Å². The van der Waals surface area contributed by atoms with Gasteiger partial charge in [-0.15, -0.1) is 0 Å². The topological polar surface area (TPSA) is 86.3 Å². The molecule has 2 heterocycles. The molecule has 19 heavy (non-hydrogen) atoms. The van der Waals surface area contributed by atoms with Crippen molar-refractivity contribution >= 4 is 10.0 Å². The van der Waals surface area contributed by atoms with Gasteiger partial charge in [0.2, 0.25) is 10.0 Å². The summed E-state index contributed by atoms with van der Waals surface area (Å²) in [5.41, 5.74) is 0.685. The summed E-state index contributed by atoms with van der Waals surface area (Å²) in [6.45, 7) is 5.22. The largest absolute Gasteiger partial charge is 0.390 e. The molecule has 1 aromatic heterocycles. The predicted octanol–water partition coefficient (Wildman–Crippen LogP) is 1.16. The molecule has 0 bridgehead atoms. The molecule has 6 nitrogen and oxygen atoms in total. The van der Waals surface area contributed by atoms with Gasteiger partial charge in [0.05, 0.1) is 12.3 Å². The van der Waals surface area contributed by atoms with E-state index in [-0.39, 0.29) is 29.3 Å². The van der Waals surface area contributed by atoms with Crippen LogP contribution < -0.4 is 0 Å². The van der Waals surface area contributed by atoms with E-state index in [0.717, 1.165) is 19.3 Å². The molecule has 1 fully saturated rings. The van der Waals surface area contributed by atoms with E-state index >= 15 is 0 Å². The van der Waals surface area contributed by atoms with Crippen molar-refractivity contribution in [1.29, 1.82) is 0 Å². The number of H-pyrrole nitrogens is 1. The zero-order valence-corrected chi connectivity index (χ0v) is 12.4. The third kappa shape index (κ3) is 2.30. The molecule has 1 saturated heterocycles. The number of aromatic amines is 1. The summed E-state index contributed by atoms with van der Waals surface area (Å²) in [5.74, 6) is 0. The highest BCUT2D eigenvalue weighted by atomic mass is 32.2. The Morgan fingerprint density at radius 1 is 1.47 bits per heavy atom. The van der Waals surface area contributed by atoms with Crippen molar-refractivity contribution in [2.45, 2.75) is 63.6 Å². The molecule has 2 atom stereocenters. The van der Waals surface area contributed by atoms with Crippen LogP contribution in [-0.4, -0.2) is 40.1 Å². The van der Waals surface area contributed by atoms with Crippen LogP contribution in [0.15, 0.2) is 4.90 Å². The van der Waals surface area contributed by atoms with E-state index in [9.17, 15) is 13.5 Å². The average Bonchev–Trinajstić information content (AvgIpc) is 2.92. The van der Waals surface area contributed by atoms with Crippen molar-refractivity contribution in [2.75, 3.05) is 0 Å². The molecule has 0 aliphatic carbocycles. The second kappa shape index (κ2) is 5.22. The fraction of sp³-hybridized carbons (Fsp3) is 0.750.